The Morgan fingerprint density at radius 3 is 2.43 bits per heavy atom. The fraction of sp³-hybridized carbons (Fsp3) is 1.00. The molecule has 0 radical (unpaired) electrons. The molecule has 0 spiro atoms. The number of ether oxygens (including phenoxy) is 1. The molecule has 0 saturated carbocycles. The van der Waals surface area contributed by atoms with Crippen molar-refractivity contribution < 1.29 is 4.74 Å². The molecule has 0 atom stereocenters. The van der Waals surface area contributed by atoms with Crippen molar-refractivity contribution in [3.63, 3.8) is 0 Å². The van der Waals surface area contributed by atoms with E-state index >= 15 is 0 Å². The first-order valence-corrected chi connectivity index (χ1v) is 6.23. The van der Waals surface area contributed by atoms with Crippen LogP contribution in [0.1, 0.15) is 45.4 Å². The van der Waals surface area contributed by atoms with Crippen LogP contribution < -0.4 is 0 Å². The Labute approximate surface area is 88.6 Å². The van der Waals surface area contributed by atoms with Gasteiger partial charge in [0.25, 0.3) is 0 Å². The summed E-state index contributed by atoms with van der Waals surface area (Å²) in [5.74, 6) is 0. The highest BCUT2D eigenvalue weighted by atomic mass is 16.5. The number of rotatable bonds is 7. The van der Waals surface area contributed by atoms with Crippen LogP contribution in [0.5, 0.6) is 0 Å². The van der Waals surface area contributed by atoms with Crippen LogP contribution in [-0.4, -0.2) is 37.7 Å². The maximum Gasteiger partial charge on any atom is 0.0478 e. The van der Waals surface area contributed by atoms with Gasteiger partial charge in [-0.25, -0.2) is 0 Å². The Hall–Kier alpha value is -0.0800. The van der Waals surface area contributed by atoms with E-state index in [1.54, 1.807) is 0 Å². The molecule has 0 bridgehead atoms. The summed E-state index contributed by atoms with van der Waals surface area (Å²) in [6.45, 7) is 7.99. The van der Waals surface area contributed by atoms with E-state index in [4.69, 9.17) is 4.74 Å². The summed E-state index contributed by atoms with van der Waals surface area (Å²) in [5.41, 5.74) is 0. The quantitative estimate of drug-likeness (QED) is 0.584. The van der Waals surface area contributed by atoms with Crippen molar-refractivity contribution in [1.82, 2.24) is 4.90 Å². The molecule has 2 nitrogen and oxygen atoms in total. The minimum atomic E-state index is 0.955. The number of likely N-dealkylation sites (tertiary alicyclic amines) is 1. The number of unbranched alkanes of at least 4 members (excludes halogenated alkanes) is 1. The normalized spacial score (nSPS) is 18.6. The largest absolute Gasteiger partial charge is 0.381 e. The second-order valence-electron chi connectivity index (χ2n) is 4.22. The van der Waals surface area contributed by atoms with Crippen LogP contribution in [0.15, 0.2) is 0 Å². The number of hydrogen-bond donors (Lipinski definition) is 0. The third kappa shape index (κ3) is 5.61. The van der Waals surface area contributed by atoms with E-state index in [2.05, 4.69) is 11.8 Å². The minimum absolute atomic E-state index is 0.955. The molecule has 1 saturated heterocycles. The summed E-state index contributed by atoms with van der Waals surface area (Å²) < 4.78 is 5.54. The summed E-state index contributed by atoms with van der Waals surface area (Å²) >= 11 is 0. The van der Waals surface area contributed by atoms with Gasteiger partial charge in [0.2, 0.25) is 0 Å². The van der Waals surface area contributed by atoms with Crippen molar-refractivity contribution in [2.45, 2.75) is 45.4 Å². The van der Waals surface area contributed by atoms with Crippen molar-refractivity contribution in [2.24, 2.45) is 0 Å². The average Bonchev–Trinajstić information content (AvgIpc) is 2.25. The minimum Gasteiger partial charge on any atom is -0.381 e. The van der Waals surface area contributed by atoms with Crippen LogP contribution in [0.4, 0.5) is 0 Å². The lowest BCUT2D eigenvalue weighted by molar-refractivity contribution is 0.114. The second-order valence-corrected chi connectivity index (χ2v) is 4.22. The zero-order valence-corrected chi connectivity index (χ0v) is 9.63. The van der Waals surface area contributed by atoms with Crippen molar-refractivity contribution in [2.75, 3.05) is 32.8 Å². The van der Waals surface area contributed by atoms with Crippen molar-refractivity contribution in [3.05, 3.63) is 0 Å². The first-order valence-electron chi connectivity index (χ1n) is 6.23. The molecule has 2 heteroatoms. The zero-order valence-electron chi connectivity index (χ0n) is 9.63. The SMILES string of the molecule is CCCCOCCCN1CCCCC1. The van der Waals surface area contributed by atoms with Crippen LogP contribution in [-0.2, 0) is 4.74 Å². The van der Waals surface area contributed by atoms with Crippen molar-refractivity contribution in [1.29, 1.82) is 0 Å². The Kier molecular flexibility index (Phi) is 7.06. The standard InChI is InChI=1S/C12H25NO/c1-2-3-11-14-12-7-10-13-8-5-4-6-9-13/h2-12H2,1H3. The van der Waals surface area contributed by atoms with Crippen molar-refractivity contribution >= 4 is 0 Å². The lowest BCUT2D eigenvalue weighted by Crippen LogP contribution is -2.31. The van der Waals surface area contributed by atoms with E-state index in [-0.39, 0.29) is 0 Å². The van der Waals surface area contributed by atoms with Gasteiger partial charge in [0.1, 0.15) is 0 Å². The third-order valence-electron chi connectivity index (χ3n) is 2.85. The van der Waals surface area contributed by atoms with Gasteiger partial charge in [-0.2, -0.15) is 0 Å². The zero-order chi connectivity index (χ0) is 10.1. The molecule has 84 valence electrons. The number of nitrogens with zero attached hydrogens (tertiary/aromatic N) is 1. The Bertz CT molecular complexity index is 121. The van der Waals surface area contributed by atoms with Crippen molar-refractivity contribution in [3.8, 4) is 0 Å². The highest BCUT2D eigenvalue weighted by Crippen LogP contribution is 2.08. The first-order chi connectivity index (χ1) is 6.93. The molecule has 0 aliphatic carbocycles. The summed E-state index contributed by atoms with van der Waals surface area (Å²) in [6.07, 6.45) is 7.90. The molecule has 0 unspecified atom stereocenters. The van der Waals surface area contributed by atoms with Crippen LogP contribution in [0, 0.1) is 0 Å². The monoisotopic (exact) mass is 199 g/mol. The molecule has 0 aromatic rings. The molecular weight excluding hydrogens is 174 g/mol. The predicted molar refractivity (Wildman–Crippen MR) is 60.6 cm³/mol. The number of hydrogen-bond acceptors (Lipinski definition) is 2. The van der Waals surface area contributed by atoms with Gasteiger partial charge in [-0.15, -0.1) is 0 Å². The molecule has 14 heavy (non-hydrogen) atoms. The fourth-order valence-electron chi connectivity index (χ4n) is 1.92. The van der Waals surface area contributed by atoms with Crippen LogP contribution in [0.3, 0.4) is 0 Å². The van der Waals surface area contributed by atoms with Gasteiger partial charge in [0.05, 0.1) is 0 Å². The topological polar surface area (TPSA) is 12.5 Å². The van der Waals surface area contributed by atoms with Gasteiger partial charge < -0.3 is 9.64 Å². The maximum atomic E-state index is 5.54. The third-order valence-corrected chi connectivity index (χ3v) is 2.85. The van der Waals surface area contributed by atoms with Gasteiger partial charge in [-0.1, -0.05) is 19.8 Å². The highest BCUT2D eigenvalue weighted by molar-refractivity contribution is 4.63. The molecular formula is C12H25NO. The van der Waals surface area contributed by atoms with E-state index in [9.17, 15) is 0 Å². The molecule has 1 fully saturated rings. The van der Waals surface area contributed by atoms with Crippen LogP contribution in [0.2, 0.25) is 0 Å². The van der Waals surface area contributed by atoms with Crippen LogP contribution in [0.25, 0.3) is 0 Å². The Morgan fingerprint density at radius 1 is 1.00 bits per heavy atom. The second kappa shape index (κ2) is 8.25. The number of piperidine rings is 1. The van der Waals surface area contributed by atoms with E-state index in [0.717, 1.165) is 13.2 Å². The van der Waals surface area contributed by atoms with Crippen LogP contribution >= 0.6 is 0 Å². The molecule has 0 amide bonds. The van der Waals surface area contributed by atoms with Gasteiger partial charge in [-0.3, -0.25) is 0 Å². The van der Waals surface area contributed by atoms with E-state index in [1.807, 2.05) is 0 Å². The van der Waals surface area contributed by atoms with Gasteiger partial charge in [-0.05, 0) is 38.8 Å². The smallest absolute Gasteiger partial charge is 0.0478 e. The van der Waals surface area contributed by atoms with E-state index in [0.29, 0.717) is 0 Å². The summed E-state index contributed by atoms with van der Waals surface area (Å²) in [7, 11) is 0. The fourth-order valence-corrected chi connectivity index (χ4v) is 1.92. The molecule has 0 aromatic carbocycles. The molecule has 0 N–H and O–H groups in total. The summed E-state index contributed by atoms with van der Waals surface area (Å²) in [6, 6.07) is 0. The Balaban J connectivity index is 1.82. The van der Waals surface area contributed by atoms with E-state index in [1.165, 1.54) is 58.2 Å². The van der Waals surface area contributed by atoms with Gasteiger partial charge >= 0.3 is 0 Å². The molecule has 1 heterocycles. The van der Waals surface area contributed by atoms with Gasteiger partial charge in [0, 0.05) is 19.8 Å². The maximum absolute atomic E-state index is 5.54. The van der Waals surface area contributed by atoms with Gasteiger partial charge in [0.15, 0.2) is 0 Å². The molecule has 0 aromatic heterocycles. The highest BCUT2D eigenvalue weighted by Gasteiger charge is 2.08. The lowest BCUT2D eigenvalue weighted by atomic mass is 10.1. The predicted octanol–water partition coefficient (Wildman–Crippen LogP) is 2.68. The molecule has 1 aliphatic rings. The summed E-state index contributed by atoms with van der Waals surface area (Å²) in [5, 5.41) is 0. The first kappa shape index (κ1) is 12.0. The molecule has 1 rings (SSSR count). The molecule has 1 aliphatic heterocycles. The van der Waals surface area contributed by atoms with E-state index < -0.39 is 0 Å². The average molecular weight is 199 g/mol. The lowest BCUT2D eigenvalue weighted by Gasteiger charge is -2.26. The Morgan fingerprint density at radius 2 is 1.71 bits per heavy atom. The summed E-state index contributed by atoms with van der Waals surface area (Å²) in [4.78, 5) is 2.58.